The van der Waals surface area contributed by atoms with Crippen LogP contribution in [0.15, 0.2) is 84.4 Å². The lowest BCUT2D eigenvalue weighted by Crippen LogP contribution is -2.36. The van der Waals surface area contributed by atoms with E-state index < -0.39 is 23.1 Å². The van der Waals surface area contributed by atoms with Gasteiger partial charge >= 0.3 is 0 Å². The number of halogens is 2. The molecule has 1 aliphatic heterocycles. The standard InChI is InChI=1S/C37H39F2N3O3S/c1-23(2)18-26-20-42(22-28-30(38)12-9-13-31(28)39)35-32(33(26)43)29(21-41(5)19-24-10-7-6-8-11-24)34(46-35)25-14-16-27(17-15-25)40-36(44)37(3,4)45/h6-18,23,45H,19-22H2,1-5H3,(H,40,44). The third-order valence-electron chi connectivity index (χ3n) is 7.78. The highest BCUT2D eigenvalue weighted by molar-refractivity contribution is 7.20. The molecule has 1 aromatic heterocycles. The van der Waals surface area contributed by atoms with Crippen LogP contribution in [0.2, 0.25) is 0 Å². The normalized spacial score (nSPS) is 14.3. The van der Waals surface area contributed by atoms with Crippen molar-refractivity contribution in [1.29, 1.82) is 0 Å². The zero-order valence-corrected chi connectivity index (χ0v) is 27.6. The molecule has 2 N–H and O–H groups in total. The summed E-state index contributed by atoms with van der Waals surface area (Å²) in [7, 11) is 2.00. The fraction of sp³-hybridized carbons (Fsp3) is 0.297. The van der Waals surface area contributed by atoms with Crippen molar-refractivity contribution >= 4 is 33.7 Å². The number of hydrogen-bond donors (Lipinski definition) is 2. The number of carbonyl (C=O) groups is 2. The van der Waals surface area contributed by atoms with E-state index in [4.69, 9.17) is 0 Å². The number of allylic oxidation sites excluding steroid dienone is 1. The highest BCUT2D eigenvalue weighted by Crippen LogP contribution is 2.47. The molecule has 1 amide bonds. The van der Waals surface area contributed by atoms with Crippen LogP contribution in [0.25, 0.3) is 10.4 Å². The van der Waals surface area contributed by atoms with Crippen molar-refractivity contribution in [3.8, 4) is 10.4 Å². The molecule has 2 heterocycles. The molecule has 0 saturated heterocycles. The average molecular weight is 644 g/mol. The summed E-state index contributed by atoms with van der Waals surface area (Å²) < 4.78 is 29.8. The van der Waals surface area contributed by atoms with Crippen LogP contribution in [0.1, 0.15) is 54.7 Å². The third-order valence-corrected chi connectivity index (χ3v) is 9.13. The van der Waals surface area contributed by atoms with E-state index >= 15 is 0 Å². The molecule has 0 radical (unpaired) electrons. The number of nitrogens with zero attached hydrogens (tertiary/aromatic N) is 2. The highest BCUT2D eigenvalue weighted by atomic mass is 32.1. The van der Waals surface area contributed by atoms with Gasteiger partial charge in [0.15, 0.2) is 5.78 Å². The lowest BCUT2D eigenvalue weighted by molar-refractivity contribution is -0.130. The Morgan fingerprint density at radius 3 is 2.26 bits per heavy atom. The second kappa shape index (κ2) is 13.7. The smallest absolute Gasteiger partial charge is 0.255 e. The van der Waals surface area contributed by atoms with E-state index in [-0.39, 0.29) is 30.4 Å². The largest absolute Gasteiger partial charge is 0.381 e. The summed E-state index contributed by atoms with van der Waals surface area (Å²) in [4.78, 5) is 31.5. The number of hydrogen-bond acceptors (Lipinski definition) is 6. The van der Waals surface area contributed by atoms with Gasteiger partial charge in [0.05, 0.1) is 5.56 Å². The maximum absolute atomic E-state index is 14.9. The first-order chi connectivity index (χ1) is 21.8. The molecule has 0 unspecified atom stereocenters. The van der Waals surface area contributed by atoms with Gasteiger partial charge in [0, 0.05) is 47.9 Å². The Labute approximate surface area is 273 Å². The van der Waals surface area contributed by atoms with Crippen molar-refractivity contribution in [3.05, 3.63) is 118 Å². The van der Waals surface area contributed by atoms with Crippen LogP contribution in [0.3, 0.4) is 0 Å². The van der Waals surface area contributed by atoms with Gasteiger partial charge in [-0.2, -0.15) is 0 Å². The van der Waals surface area contributed by atoms with Gasteiger partial charge in [-0.3, -0.25) is 14.5 Å². The minimum absolute atomic E-state index is 0.0324. The number of fused-ring (bicyclic) bond motifs is 1. The Morgan fingerprint density at radius 2 is 1.65 bits per heavy atom. The second-order valence-corrected chi connectivity index (χ2v) is 13.7. The summed E-state index contributed by atoms with van der Waals surface area (Å²) >= 11 is 1.43. The Bertz CT molecular complexity index is 1740. The Morgan fingerprint density at radius 1 is 1.00 bits per heavy atom. The van der Waals surface area contributed by atoms with Crippen molar-refractivity contribution in [2.24, 2.45) is 5.92 Å². The summed E-state index contributed by atoms with van der Waals surface area (Å²) in [6, 6.07) is 21.2. The number of nitrogens with one attached hydrogen (secondary N) is 1. The maximum Gasteiger partial charge on any atom is 0.255 e. The van der Waals surface area contributed by atoms with E-state index in [1.165, 1.54) is 43.4 Å². The number of anilines is 2. The van der Waals surface area contributed by atoms with Crippen molar-refractivity contribution < 1.29 is 23.5 Å². The molecule has 0 atom stereocenters. The number of aliphatic hydroxyl groups is 1. The van der Waals surface area contributed by atoms with E-state index in [0.29, 0.717) is 34.9 Å². The van der Waals surface area contributed by atoms with Gasteiger partial charge in [0.1, 0.15) is 22.2 Å². The monoisotopic (exact) mass is 643 g/mol. The van der Waals surface area contributed by atoms with Crippen LogP contribution in [-0.2, 0) is 24.4 Å². The molecule has 9 heteroatoms. The van der Waals surface area contributed by atoms with E-state index in [9.17, 15) is 23.5 Å². The molecule has 4 aromatic rings. The SMILES string of the molecule is CC(C)C=C1CN(Cc2c(F)cccc2F)c2sc(-c3ccc(NC(=O)C(C)(C)O)cc3)c(CN(C)Cc3ccccc3)c2C1=O. The van der Waals surface area contributed by atoms with Gasteiger partial charge in [-0.05, 0) is 67.8 Å². The molecule has 0 bridgehead atoms. The quantitative estimate of drug-likeness (QED) is 0.173. The molecule has 0 aliphatic carbocycles. The molecule has 0 fully saturated rings. The van der Waals surface area contributed by atoms with Crippen molar-refractivity contribution in [1.82, 2.24) is 4.90 Å². The molecule has 46 heavy (non-hydrogen) atoms. The fourth-order valence-electron chi connectivity index (χ4n) is 5.55. The molecule has 0 saturated carbocycles. The predicted octanol–water partition coefficient (Wildman–Crippen LogP) is 7.82. The third kappa shape index (κ3) is 7.44. The molecule has 0 spiro atoms. The predicted molar refractivity (Wildman–Crippen MR) is 181 cm³/mol. The van der Waals surface area contributed by atoms with E-state index in [1.54, 1.807) is 12.1 Å². The van der Waals surface area contributed by atoms with Gasteiger partial charge < -0.3 is 15.3 Å². The van der Waals surface area contributed by atoms with Gasteiger partial charge in [0.2, 0.25) is 0 Å². The summed E-state index contributed by atoms with van der Waals surface area (Å²) in [5.41, 5.74) is 2.89. The first-order valence-electron chi connectivity index (χ1n) is 15.3. The first kappa shape index (κ1) is 33.2. The summed E-state index contributed by atoms with van der Waals surface area (Å²) in [5.74, 6) is -1.76. The number of benzene rings is 3. The molecule has 6 nitrogen and oxygen atoms in total. The van der Waals surface area contributed by atoms with E-state index in [2.05, 4.69) is 22.3 Å². The van der Waals surface area contributed by atoms with Crippen LogP contribution in [0, 0.1) is 17.6 Å². The van der Waals surface area contributed by atoms with Crippen LogP contribution >= 0.6 is 11.3 Å². The second-order valence-electron chi connectivity index (χ2n) is 12.7. The van der Waals surface area contributed by atoms with Crippen LogP contribution < -0.4 is 10.2 Å². The number of thiophene rings is 1. The van der Waals surface area contributed by atoms with Gasteiger partial charge in [0.25, 0.3) is 5.91 Å². The number of Topliss-reactive ketones (excluding diaryl/α,β-unsaturated/α-hetero) is 1. The average Bonchev–Trinajstić information content (AvgIpc) is 3.36. The number of rotatable bonds is 10. The highest BCUT2D eigenvalue weighted by Gasteiger charge is 2.35. The molecular weight excluding hydrogens is 604 g/mol. The zero-order valence-electron chi connectivity index (χ0n) is 26.7. The summed E-state index contributed by atoms with van der Waals surface area (Å²) in [6.45, 7) is 8.15. The summed E-state index contributed by atoms with van der Waals surface area (Å²) in [6.07, 6.45) is 1.94. The minimum atomic E-state index is -1.54. The van der Waals surface area contributed by atoms with E-state index in [1.807, 2.05) is 62.2 Å². The van der Waals surface area contributed by atoms with Crippen molar-refractivity contribution in [2.75, 3.05) is 23.8 Å². The molecule has 3 aromatic carbocycles. The first-order valence-corrected chi connectivity index (χ1v) is 16.1. The Kier molecular flexibility index (Phi) is 9.86. The van der Waals surface area contributed by atoms with Crippen molar-refractivity contribution in [3.63, 3.8) is 0 Å². The van der Waals surface area contributed by atoms with Gasteiger partial charge in [-0.15, -0.1) is 11.3 Å². The van der Waals surface area contributed by atoms with Crippen molar-refractivity contribution in [2.45, 2.75) is 52.9 Å². The zero-order chi connectivity index (χ0) is 33.2. The van der Waals surface area contributed by atoms with Crippen LogP contribution in [0.5, 0.6) is 0 Å². The Hall–Kier alpha value is -4.18. The topological polar surface area (TPSA) is 72.9 Å². The Balaban J connectivity index is 1.62. The number of ketones is 1. The van der Waals surface area contributed by atoms with Crippen LogP contribution in [-0.4, -0.2) is 40.9 Å². The van der Waals surface area contributed by atoms with Gasteiger partial charge in [-0.1, -0.05) is 68.5 Å². The maximum atomic E-state index is 14.9. The lowest BCUT2D eigenvalue weighted by atomic mass is 9.92. The molecular formula is C37H39F2N3O3S. The molecule has 1 aliphatic rings. The lowest BCUT2D eigenvalue weighted by Gasteiger charge is -2.31. The fourth-order valence-corrected chi connectivity index (χ4v) is 6.86. The number of amides is 1. The van der Waals surface area contributed by atoms with Crippen LogP contribution in [0.4, 0.5) is 19.5 Å². The molecule has 240 valence electrons. The summed E-state index contributed by atoms with van der Waals surface area (Å²) in [5, 5.41) is 13.5. The minimum Gasteiger partial charge on any atom is -0.381 e. The van der Waals surface area contributed by atoms with E-state index in [0.717, 1.165) is 21.6 Å². The number of carbonyl (C=O) groups excluding carboxylic acids is 2. The molecule has 5 rings (SSSR count). The van der Waals surface area contributed by atoms with Gasteiger partial charge in [-0.25, -0.2) is 8.78 Å².